The zero-order valence-electron chi connectivity index (χ0n) is 18.6. The lowest BCUT2D eigenvalue weighted by Crippen LogP contribution is -2.44. The van der Waals surface area contributed by atoms with Crippen molar-refractivity contribution in [3.8, 4) is 0 Å². The summed E-state index contributed by atoms with van der Waals surface area (Å²) in [5.41, 5.74) is 10.9. The molecule has 1 saturated heterocycles. The Morgan fingerprint density at radius 2 is 1.84 bits per heavy atom. The fourth-order valence-electron chi connectivity index (χ4n) is 5.01. The third kappa shape index (κ3) is 4.66. The molecule has 2 aliphatic rings. The van der Waals surface area contributed by atoms with Crippen LogP contribution < -0.4 is 11.1 Å². The summed E-state index contributed by atoms with van der Waals surface area (Å²) in [6, 6.07) is 13.0. The number of nitrogen functional groups attached to an aromatic ring is 1. The number of amides is 1. The van der Waals surface area contributed by atoms with E-state index in [2.05, 4.69) is 46.6 Å². The van der Waals surface area contributed by atoms with Gasteiger partial charge in [0.15, 0.2) is 0 Å². The largest absolute Gasteiger partial charge is 0.397 e. The number of nitrogens with one attached hydrogen (secondary N) is 1. The first-order valence-corrected chi connectivity index (χ1v) is 12.8. The number of carbonyl (C=O) groups excluding carboxylic acids is 1. The van der Waals surface area contributed by atoms with Crippen LogP contribution >= 0.6 is 11.3 Å². The van der Waals surface area contributed by atoms with E-state index in [0.717, 1.165) is 55.5 Å². The number of fused-ring (bicyclic) bond motifs is 2. The molecule has 0 atom stereocenters. The van der Waals surface area contributed by atoms with Gasteiger partial charge >= 0.3 is 0 Å². The molecule has 0 bridgehead atoms. The lowest BCUT2D eigenvalue weighted by molar-refractivity contribution is 0.0914. The molecule has 1 aliphatic carbocycles. The molecule has 0 unspecified atom stereocenters. The summed E-state index contributed by atoms with van der Waals surface area (Å²) in [4.78, 5) is 22.0. The minimum atomic E-state index is -0.0422. The van der Waals surface area contributed by atoms with Crippen molar-refractivity contribution < 1.29 is 4.79 Å². The third-order valence-corrected chi connectivity index (χ3v) is 7.99. The Kier molecular flexibility index (Phi) is 6.42. The predicted molar refractivity (Wildman–Crippen MR) is 132 cm³/mol. The van der Waals surface area contributed by atoms with Gasteiger partial charge in [0.1, 0.15) is 9.71 Å². The average molecular weight is 449 g/mol. The van der Waals surface area contributed by atoms with Gasteiger partial charge in [-0.3, -0.25) is 9.69 Å². The lowest BCUT2D eigenvalue weighted by Gasteiger charge is -2.32. The van der Waals surface area contributed by atoms with E-state index < -0.39 is 0 Å². The number of hydrogen-bond donors (Lipinski definition) is 2. The van der Waals surface area contributed by atoms with Gasteiger partial charge in [0.05, 0.1) is 5.69 Å². The van der Waals surface area contributed by atoms with Gasteiger partial charge in [0, 0.05) is 36.8 Å². The van der Waals surface area contributed by atoms with Crippen LogP contribution in [0.3, 0.4) is 0 Å². The fraction of sp³-hybridized carbons (Fsp3) is 0.462. The van der Waals surface area contributed by atoms with Crippen LogP contribution in [0.25, 0.3) is 10.2 Å². The van der Waals surface area contributed by atoms with E-state index in [1.807, 2.05) is 0 Å². The van der Waals surface area contributed by atoms with Gasteiger partial charge in [-0.1, -0.05) is 43.2 Å². The Balaban J connectivity index is 1.24. The highest BCUT2D eigenvalue weighted by Crippen LogP contribution is 2.35. The molecular formula is C26H32N4OS. The summed E-state index contributed by atoms with van der Waals surface area (Å²) in [5, 5.41) is 4.20. The Bertz CT molecular complexity index is 1090. The molecule has 3 heterocycles. The second kappa shape index (κ2) is 9.59. The van der Waals surface area contributed by atoms with Gasteiger partial charge in [0.25, 0.3) is 5.91 Å². The van der Waals surface area contributed by atoms with Crippen LogP contribution in [0.1, 0.15) is 65.0 Å². The molecule has 168 valence electrons. The smallest absolute Gasteiger partial charge is 0.263 e. The van der Waals surface area contributed by atoms with Crippen LogP contribution in [0.15, 0.2) is 36.4 Å². The van der Waals surface area contributed by atoms with Crippen molar-refractivity contribution in [1.82, 2.24) is 15.2 Å². The predicted octanol–water partition coefficient (Wildman–Crippen LogP) is 4.93. The molecule has 3 N–H and O–H groups in total. The standard InChI is InChI=1S/C26H32N4OS/c27-23-21-16-19-10-6-1-2-7-11-22(19)29-26(21)32-24(23)25(31)28-20-12-14-30(15-13-20)17-18-8-4-3-5-9-18/h3-5,8-9,16,20H,1-2,6-7,10-15,17,27H2,(H,28,31). The zero-order valence-corrected chi connectivity index (χ0v) is 19.4. The van der Waals surface area contributed by atoms with Crippen LogP contribution in [0.4, 0.5) is 5.69 Å². The molecule has 2 aromatic heterocycles. The number of nitrogens with two attached hydrogens (primary N) is 1. The molecule has 3 aromatic rings. The molecular weight excluding hydrogens is 416 g/mol. The van der Waals surface area contributed by atoms with Crippen molar-refractivity contribution in [3.63, 3.8) is 0 Å². The summed E-state index contributed by atoms with van der Waals surface area (Å²) in [6.45, 7) is 2.97. The Labute approximate surface area is 194 Å². The number of aryl methyl sites for hydroxylation is 2. The number of pyridine rings is 1. The van der Waals surface area contributed by atoms with Crippen LogP contribution in [0.2, 0.25) is 0 Å². The number of piperidine rings is 1. The first-order chi connectivity index (χ1) is 15.7. The molecule has 6 heteroatoms. The summed E-state index contributed by atoms with van der Waals surface area (Å²) < 4.78 is 0. The van der Waals surface area contributed by atoms with Gasteiger partial charge in [-0.2, -0.15) is 0 Å². The van der Waals surface area contributed by atoms with Gasteiger partial charge in [-0.25, -0.2) is 4.98 Å². The Morgan fingerprint density at radius 1 is 1.09 bits per heavy atom. The number of carbonyl (C=O) groups is 1. The number of benzene rings is 1. The molecule has 1 aliphatic heterocycles. The maximum Gasteiger partial charge on any atom is 0.263 e. The first kappa shape index (κ1) is 21.4. The number of aromatic nitrogens is 1. The number of thiophene rings is 1. The molecule has 5 rings (SSSR count). The maximum atomic E-state index is 13.1. The van der Waals surface area contributed by atoms with Crippen molar-refractivity contribution in [1.29, 1.82) is 0 Å². The average Bonchev–Trinajstić information content (AvgIpc) is 3.11. The van der Waals surface area contributed by atoms with E-state index in [9.17, 15) is 4.79 Å². The molecule has 0 radical (unpaired) electrons. The van der Waals surface area contributed by atoms with E-state index >= 15 is 0 Å². The number of rotatable bonds is 4. The Hall–Kier alpha value is -2.44. The van der Waals surface area contributed by atoms with Crippen molar-refractivity contribution in [2.45, 2.75) is 64.0 Å². The quantitative estimate of drug-likeness (QED) is 0.594. The monoisotopic (exact) mass is 448 g/mol. The van der Waals surface area contributed by atoms with E-state index in [0.29, 0.717) is 10.6 Å². The van der Waals surface area contributed by atoms with Gasteiger partial charge in [-0.05, 0) is 55.7 Å². The molecule has 1 amide bonds. The van der Waals surface area contributed by atoms with Crippen molar-refractivity contribution in [2.75, 3.05) is 18.8 Å². The van der Waals surface area contributed by atoms with E-state index in [4.69, 9.17) is 10.7 Å². The fourth-order valence-corrected chi connectivity index (χ4v) is 6.01. The highest BCUT2D eigenvalue weighted by Gasteiger charge is 2.24. The maximum absolute atomic E-state index is 13.1. The molecule has 1 aromatic carbocycles. The van der Waals surface area contributed by atoms with Crippen LogP contribution in [0.5, 0.6) is 0 Å². The van der Waals surface area contributed by atoms with E-state index in [1.165, 1.54) is 53.8 Å². The normalized spacial score (nSPS) is 18.1. The minimum absolute atomic E-state index is 0.0422. The van der Waals surface area contributed by atoms with Crippen LogP contribution in [0, 0.1) is 0 Å². The highest BCUT2D eigenvalue weighted by molar-refractivity contribution is 7.21. The number of likely N-dealkylation sites (tertiary alicyclic amines) is 1. The highest BCUT2D eigenvalue weighted by atomic mass is 32.1. The third-order valence-electron chi connectivity index (χ3n) is 6.88. The van der Waals surface area contributed by atoms with Gasteiger partial charge in [-0.15, -0.1) is 11.3 Å². The summed E-state index contributed by atoms with van der Waals surface area (Å²) in [7, 11) is 0. The summed E-state index contributed by atoms with van der Waals surface area (Å²) in [6.07, 6.45) is 9.01. The molecule has 0 spiro atoms. The summed E-state index contributed by atoms with van der Waals surface area (Å²) >= 11 is 1.45. The van der Waals surface area contributed by atoms with E-state index in [1.54, 1.807) is 0 Å². The van der Waals surface area contributed by atoms with Crippen molar-refractivity contribution in [2.24, 2.45) is 0 Å². The van der Waals surface area contributed by atoms with Crippen LogP contribution in [-0.4, -0.2) is 34.9 Å². The first-order valence-electron chi connectivity index (χ1n) is 12.0. The molecule has 32 heavy (non-hydrogen) atoms. The molecule has 0 saturated carbocycles. The number of nitrogens with zero attached hydrogens (tertiary/aromatic N) is 2. The van der Waals surface area contributed by atoms with Crippen molar-refractivity contribution in [3.05, 3.63) is 58.1 Å². The minimum Gasteiger partial charge on any atom is -0.397 e. The Morgan fingerprint density at radius 3 is 2.62 bits per heavy atom. The number of anilines is 1. The van der Waals surface area contributed by atoms with E-state index in [-0.39, 0.29) is 11.9 Å². The molecule has 1 fully saturated rings. The lowest BCUT2D eigenvalue weighted by atomic mass is 9.96. The molecule has 5 nitrogen and oxygen atoms in total. The topological polar surface area (TPSA) is 71.2 Å². The summed E-state index contributed by atoms with van der Waals surface area (Å²) in [5.74, 6) is -0.0422. The second-order valence-corrected chi connectivity index (χ2v) is 10.2. The number of hydrogen-bond acceptors (Lipinski definition) is 5. The van der Waals surface area contributed by atoms with Gasteiger partial charge in [0.2, 0.25) is 0 Å². The van der Waals surface area contributed by atoms with Crippen molar-refractivity contribution >= 4 is 33.1 Å². The van der Waals surface area contributed by atoms with Crippen LogP contribution in [-0.2, 0) is 19.4 Å². The van der Waals surface area contributed by atoms with Gasteiger partial charge < -0.3 is 11.1 Å². The second-order valence-electron chi connectivity index (χ2n) is 9.22. The SMILES string of the molecule is Nc1c(C(=O)NC2CCN(Cc3ccccc3)CC2)sc2nc3c(cc12)CCCCCC3. The zero-order chi connectivity index (χ0) is 21.9.